The topological polar surface area (TPSA) is 112 Å². The fraction of sp³-hybridized carbons (Fsp3) is 0.348. The van der Waals surface area contributed by atoms with Crippen molar-refractivity contribution in [3.05, 3.63) is 60.6 Å². The molecule has 1 amide bonds. The molecule has 1 heterocycles. The lowest BCUT2D eigenvalue weighted by Gasteiger charge is -2.28. The molecule has 36 heavy (non-hydrogen) atoms. The Morgan fingerprint density at radius 2 is 1.56 bits per heavy atom. The number of rotatable bonds is 11. The van der Waals surface area contributed by atoms with Crippen LogP contribution in [0, 0.1) is 0 Å². The minimum Gasteiger partial charge on any atom is -0.457 e. The number of amides is 1. The lowest BCUT2D eigenvalue weighted by Crippen LogP contribution is -2.40. The van der Waals surface area contributed by atoms with Gasteiger partial charge in [-0.2, -0.15) is 0 Å². The average molecular weight is 532 g/mol. The Hall–Kier alpha value is -3.45. The van der Waals surface area contributed by atoms with Gasteiger partial charge in [0, 0.05) is 12.8 Å². The van der Waals surface area contributed by atoms with Crippen LogP contribution in [0.5, 0.6) is 17.2 Å². The van der Waals surface area contributed by atoms with Crippen LogP contribution >= 0.6 is 0 Å². The van der Waals surface area contributed by atoms with Crippen LogP contribution in [0.1, 0.15) is 26.7 Å². The molecule has 9 nitrogen and oxygen atoms in total. The molecule has 0 radical (unpaired) electrons. The van der Waals surface area contributed by atoms with Gasteiger partial charge in [0.25, 0.3) is 0 Å². The third-order valence-corrected chi connectivity index (χ3v) is 7.12. The molecule has 2 aromatic carbocycles. The Morgan fingerprint density at radius 1 is 1.03 bits per heavy atom. The Morgan fingerprint density at radius 3 is 2.03 bits per heavy atom. The monoisotopic (exact) mass is 531 g/mol. The number of benzene rings is 2. The van der Waals surface area contributed by atoms with Gasteiger partial charge in [-0.3, -0.25) is 10.0 Å². The molecule has 0 bridgehead atoms. The first-order chi connectivity index (χ1) is 16.9. The predicted molar refractivity (Wildman–Crippen MR) is 119 cm³/mol. The second-order valence-corrected chi connectivity index (χ2v) is 9.77. The number of hydroxylamine groups is 2. The van der Waals surface area contributed by atoms with E-state index in [4.69, 9.17) is 14.2 Å². The zero-order valence-electron chi connectivity index (χ0n) is 19.3. The summed E-state index contributed by atoms with van der Waals surface area (Å²) in [5, 5.41) is 10.2. The van der Waals surface area contributed by atoms with E-state index in [0.717, 1.165) is 12.1 Å². The average Bonchev–Trinajstić information content (AvgIpc) is 3.28. The quantitative estimate of drug-likeness (QED) is 0.251. The van der Waals surface area contributed by atoms with Gasteiger partial charge in [-0.05, 0) is 48.5 Å². The van der Waals surface area contributed by atoms with Gasteiger partial charge in [0.2, 0.25) is 12.2 Å². The molecule has 1 atom stereocenters. The molecule has 1 N–H and O–H groups in total. The standard InChI is InChI=1S/C23H24F3NO8S/c1-3-22(4-2)32-13-21(35-22)20(27(29)15-28)14-36(30,31)19-11-9-17(10-12-19)33-16-5-7-18(8-6-16)34-23(24,25)26/h5-13,15,20,29H,3-4,14H2,1-2H3. The minimum absolute atomic E-state index is 0.00484. The number of hydrogen-bond donors (Lipinski definition) is 1. The number of halogens is 3. The van der Waals surface area contributed by atoms with Crippen molar-refractivity contribution in [1.82, 2.24) is 5.06 Å². The van der Waals surface area contributed by atoms with Crippen molar-refractivity contribution in [3.8, 4) is 17.2 Å². The highest BCUT2D eigenvalue weighted by atomic mass is 32.2. The molecule has 2 aromatic rings. The first-order valence-electron chi connectivity index (χ1n) is 10.8. The molecular weight excluding hydrogens is 507 g/mol. The highest BCUT2D eigenvalue weighted by molar-refractivity contribution is 7.91. The molecule has 3 rings (SSSR count). The fourth-order valence-corrected chi connectivity index (χ4v) is 4.84. The van der Waals surface area contributed by atoms with Gasteiger partial charge in [-0.15, -0.1) is 13.2 Å². The van der Waals surface area contributed by atoms with Gasteiger partial charge in [0.05, 0.1) is 10.6 Å². The summed E-state index contributed by atoms with van der Waals surface area (Å²) >= 11 is 0. The molecule has 0 spiro atoms. The van der Waals surface area contributed by atoms with Crippen molar-refractivity contribution < 1.29 is 50.5 Å². The number of ether oxygens (including phenoxy) is 4. The first kappa shape index (κ1) is 27.1. The van der Waals surface area contributed by atoms with Crippen molar-refractivity contribution in [2.24, 2.45) is 0 Å². The Balaban J connectivity index is 1.71. The van der Waals surface area contributed by atoms with Crippen LogP contribution in [-0.2, 0) is 24.1 Å². The lowest BCUT2D eigenvalue weighted by atomic mass is 10.1. The predicted octanol–water partition coefficient (Wildman–Crippen LogP) is 4.77. The first-order valence-corrected chi connectivity index (χ1v) is 12.4. The van der Waals surface area contributed by atoms with Gasteiger partial charge in [-0.1, -0.05) is 13.8 Å². The van der Waals surface area contributed by atoms with Crippen LogP contribution in [0.4, 0.5) is 13.2 Å². The van der Waals surface area contributed by atoms with Crippen molar-refractivity contribution >= 4 is 16.2 Å². The number of sulfone groups is 1. The molecule has 13 heteroatoms. The van der Waals surface area contributed by atoms with Crippen LogP contribution in [0.25, 0.3) is 0 Å². The Labute approximate surface area is 205 Å². The Kier molecular flexibility index (Phi) is 8.04. The lowest BCUT2D eigenvalue weighted by molar-refractivity contribution is -0.274. The van der Waals surface area contributed by atoms with Gasteiger partial charge in [-0.25, -0.2) is 13.5 Å². The SMILES string of the molecule is CCC1(CC)OC=C(C(CS(=O)(=O)c2ccc(Oc3ccc(OC(F)(F)F)cc3)cc2)N(O)C=O)O1. The van der Waals surface area contributed by atoms with E-state index in [-0.39, 0.29) is 33.6 Å². The maximum atomic E-state index is 13.0. The summed E-state index contributed by atoms with van der Waals surface area (Å²) in [5.74, 6) is -1.70. The van der Waals surface area contributed by atoms with Crippen molar-refractivity contribution in [2.75, 3.05) is 5.75 Å². The molecule has 1 unspecified atom stereocenters. The van der Waals surface area contributed by atoms with E-state index in [1.54, 1.807) is 0 Å². The highest BCUT2D eigenvalue weighted by Gasteiger charge is 2.41. The van der Waals surface area contributed by atoms with E-state index >= 15 is 0 Å². The second kappa shape index (κ2) is 10.7. The third kappa shape index (κ3) is 6.61. The maximum Gasteiger partial charge on any atom is 0.573 e. The van der Waals surface area contributed by atoms with E-state index in [0.29, 0.717) is 12.8 Å². The molecular formula is C23H24F3NO8S. The molecule has 196 valence electrons. The molecule has 0 aromatic heterocycles. The maximum absolute atomic E-state index is 13.0. The molecule has 1 aliphatic rings. The van der Waals surface area contributed by atoms with Crippen molar-refractivity contribution in [2.45, 2.75) is 49.8 Å². The van der Waals surface area contributed by atoms with E-state index in [9.17, 15) is 31.6 Å². The summed E-state index contributed by atoms with van der Waals surface area (Å²) in [6.45, 7) is 3.63. The smallest absolute Gasteiger partial charge is 0.457 e. The largest absolute Gasteiger partial charge is 0.573 e. The van der Waals surface area contributed by atoms with Crippen molar-refractivity contribution in [1.29, 1.82) is 0 Å². The summed E-state index contributed by atoms with van der Waals surface area (Å²) in [6, 6.07) is 8.54. The Bertz CT molecular complexity index is 1180. The number of carbonyl (C=O) groups is 1. The van der Waals surface area contributed by atoms with Crippen LogP contribution in [0.2, 0.25) is 0 Å². The van der Waals surface area contributed by atoms with Crippen LogP contribution in [0.3, 0.4) is 0 Å². The van der Waals surface area contributed by atoms with E-state index < -0.39 is 39.5 Å². The minimum atomic E-state index is -4.82. The summed E-state index contributed by atoms with van der Waals surface area (Å²) in [6.07, 6.45) is -2.64. The summed E-state index contributed by atoms with van der Waals surface area (Å²) < 4.78 is 83.5. The normalized spacial score (nSPS) is 15.8. The zero-order valence-corrected chi connectivity index (χ0v) is 20.1. The molecule has 0 aliphatic carbocycles. The highest BCUT2D eigenvalue weighted by Crippen LogP contribution is 2.35. The van der Waals surface area contributed by atoms with Gasteiger partial charge in [0.1, 0.15) is 29.6 Å². The number of carbonyl (C=O) groups excluding carboxylic acids is 1. The van der Waals surface area contributed by atoms with E-state index in [1.807, 2.05) is 13.8 Å². The van der Waals surface area contributed by atoms with Crippen LogP contribution in [-0.4, -0.2) is 49.0 Å². The number of hydrogen-bond acceptors (Lipinski definition) is 8. The van der Waals surface area contributed by atoms with Gasteiger partial charge < -0.3 is 18.9 Å². The van der Waals surface area contributed by atoms with Crippen LogP contribution < -0.4 is 9.47 Å². The van der Waals surface area contributed by atoms with Crippen LogP contribution in [0.15, 0.2) is 65.4 Å². The van der Waals surface area contributed by atoms with E-state index in [1.165, 1.54) is 42.7 Å². The molecule has 1 aliphatic heterocycles. The molecule has 0 saturated heterocycles. The molecule has 0 saturated carbocycles. The summed E-state index contributed by atoms with van der Waals surface area (Å²) in [7, 11) is -4.03. The van der Waals surface area contributed by atoms with Crippen molar-refractivity contribution in [3.63, 3.8) is 0 Å². The van der Waals surface area contributed by atoms with Gasteiger partial charge >= 0.3 is 6.36 Å². The van der Waals surface area contributed by atoms with E-state index in [2.05, 4.69) is 4.74 Å². The fourth-order valence-electron chi connectivity index (χ4n) is 3.36. The summed E-state index contributed by atoms with van der Waals surface area (Å²) in [4.78, 5) is 11.1. The summed E-state index contributed by atoms with van der Waals surface area (Å²) in [5.41, 5.74) is 0. The molecule has 0 fully saturated rings. The number of nitrogens with zero attached hydrogens (tertiary/aromatic N) is 1. The zero-order chi connectivity index (χ0) is 26.6. The second-order valence-electron chi connectivity index (χ2n) is 7.73. The van der Waals surface area contributed by atoms with Gasteiger partial charge in [0.15, 0.2) is 15.6 Å². The third-order valence-electron chi connectivity index (χ3n) is 5.38. The number of alkyl halides is 3.